The Morgan fingerprint density at radius 1 is 1.19 bits per heavy atom. The maximum absolute atomic E-state index is 12.5. The van der Waals surface area contributed by atoms with Crippen LogP contribution >= 0.6 is 0 Å². The van der Waals surface area contributed by atoms with Crippen LogP contribution in [0.5, 0.6) is 0 Å². The molecule has 0 bridgehead atoms. The Labute approximate surface area is 129 Å². The minimum Gasteiger partial charge on any atom is -0.465 e. The average molecular weight is 297 g/mol. The van der Waals surface area contributed by atoms with E-state index in [1.165, 1.54) is 25.7 Å². The predicted molar refractivity (Wildman–Crippen MR) is 83.2 cm³/mol. The minimum atomic E-state index is -0.468. The monoisotopic (exact) mass is 297 g/mol. The van der Waals surface area contributed by atoms with Gasteiger partial charge in [0.05, 0.1) is 12.7 Å². The Morgan fingerprint density at radius 2 is 1.95 bits per heavy atom. The molecule has 0 heterocycles. The highest BCUT2D eigenvalue weighted by Gasteiger charge is 2.49. The van der Waals surface area contributed by atoms with Gasteiger partial charge in [-0.15, -0.1) is 0 Å². The first-order valence-electron chi connectivity index (χ1n) is 8.76. The largest absolute Gasteiger partial charge is 0.465 e. The predicted octanol–water partition coefficient (Wildman–Crippen LogP) is 3.05. The molecule has 2 unspecified atom stereocenters. The highest BCUT2D eigenvalue weighted by molar-refractivity contribution is 5.81. The lowest BCUT2D eigenvalue weighted by molar-refractivity contribution is -0.153. The molecule has 122 valence electrons. The van der Waals surface area contributed by atoms with Gasteiger partial charge >= 0.3 is 5.97 Å². The molecular weight excluding hydrogens is 266 g/mol. The van der Waals surface area contributed by atoms with Gasteiger partial charge in [-0.05, 0) is 51.5 Å². The third-order valence-corrected chi connectivity index (χ3v) is 5.07. The van der Waals surface area contributed by atoms with Crippen molar-refractivity contribution in [3.8, 4) is 0 Å². The number of ether oxygens (including phenoxy) is 2. The normalized spacial score (nSPS) is 29.9. The number of hydrogen-bond donors (Lipinski definition) is 1. The molecule has 0 spiro atoms. The van der Waals surface area contributed by atoms with Gasteiger partial charge < -0.3 is 14.8 Å². The summed E-state index contributed by atoms with van der Waals surface area (Å²) >= 11 is 0. The second-order valence-corrected chi connectivity index (χ2v) is 6.38. The first-order valence-corrected chi connectivity index (χ1v) is 8.76. The van der Waals surface area contributed by atoms with Gasteiger partial charge in [-0.3, -0.25) is 4.79 Å². The summed E-state index contributed by atoms with van der Waals surface area (Å²) in [6.07, 6.45) is 9.54. The van der Waals surface area contributed by atoms with E-state index < -0.39 is 5.54 Å². The number of likely N-dealkylation sites (N-methyl/N-ethyl adjacent to an activating group) is 1. The van der Waals surface area contributed by atoms with Gasteiger partial charge in [0, 0.05) is 6.61 Å². The van der Waals surface area contributed by atoms with Crippen LogP contribution in [-0.4, -0.2) is 37.4 Å². The van der Waals surface area contributed by atoms with Crippen molar-refractivity contribution in [1.82, 2.24) is 5.32 Å². The second kappa shape index (κ2) is 8.14. The Balaban J connectivity index is 1.89. The fourth-order valence-electron chi connectivity index (χ4n) is 4.05. The van der Waals surface area contributed by atoms with Crippen molar-refractivity contribution < 1.29 is 14.3 Å². The van der Waals surface area contributed by atoms with Crippen LogP contribution in [0.15, 0.2) is 0 Å². The molecule has 2 fully saturated rings. The lowest BCUT2D eigenvalue weighted by Crippen LogP contribution is -2.55. The van der Waals surface area contributed by atoms with E-state index in [1.54, 1.807) is 0 Å². The second-order valence-electron chi connectivity index (χ2n) is 6.38. The lowest BCUT2D eigenvalue weighted by atomic mass is 9.84. The highest BCUT2D eigenvalue weighted by atomic mass is 16.5. The summed E-state index contributed by atoms with van der Waals surface area (Å²) in [5.74, 6) is 0.285. The van der Waals surface area contributed by atoms with E-state index in [9.17, 15) is 4.79 Å². The summed E-state index contributed by atoms with van der Waals surface area (Å²) in [4.78, 5) is 12.5. The smallest absolute Gasteiger partial charge is 0.326 e. The first kappa shape index (κ1) is 16.8. The van der Waals surface area contributed by atoms with Gasteiger partial charge in [-0.25, -0.2) is 0 Å². The standard InChI is InChI=1S/C17H31NO3/c1-3-18-17(16(19)20-4-2)12-7-8-14(17)11-13-21-15-9-5-6-10-15/h14-15,18H,3-13H2,1-2H3. The van der Waals surface area contributed by atoms with Gasteiger partial charge in [0.25, 0.3) is 0 Å². The van der Waals surface area contributed by atoms with Crippen molar-refractivity contribution >= 4 is 5.97 Å². The van der Waals surface area contributed by atoms with Crippen LogP contribution in [-0.2, 0) is 14.3 Å². The number of esters is 1. The summed E-state index contributed by atoms with van der Waals surface area (Å²) in [7, 11) is 0. The molecule has 0 aliphatic heterocycles. The van der Waals surface area contributed by atoms with Gasteiger partial charge in [0.15, 0.2) is 0 Å². The quantitative estimate of drug-likeness (QED) is 0.700. The zero-order valence-corrected chi connectivity index (χ0v) is 13.7. The summed E-state index contributed by atoms with van der Waals surface area (Å²) < 4.78 is 11.3. The first-order chi connectivity index (χ1) is 10.2. The molecule has 2 rings (SSSR count). The molecule has 0 aromatic carbocycles. The van der Waals surface area contributed by atoms with E-state index in [0.717, 1.165) is 38.8 Å². The molecule has 0 aromatic rings. The molecule has 4 nitrogen and oxygen atoms in total. The Morgan fingerprint density at radius 3 is 2.62 bits per heavy atom. The molecule has 0 radical (unpaired) electrons. The van der Waals surface area contributed by atoms with E-state index >= 15 is 0 Å². The zero-order valence-electron chi connectivity index (χ0n) is 13.7. The molecule has 0 saturated heterocycles. The molecule has 2 saturated carbocycles. The summed E-state index contributed by atoms with van der Waals surface area (Å²) in [6, 6.07) is 0. The Hall–Kier alpha value is -0.610. The Bertz CT molecular complexity index is 328. The number of carbonyl (C=O) groups is 1. The van der Waals surface area contributed by atoms with Gasteiger partial charge in [0.2, 0.25) is 0 Å². The van der Waals surface area contributed by atoms with Crippen LogP contribution in [0.2, 0.25) is 0 Å². The molecule has 2 atom stereocenters. The van der Waals surface area contributed by atoms with E-state index in [4.69, 9.17) is 9.47 Å². The molecule has 0 aromatic heterocycles. The molecule has 4 heteroatoms. The third-order valence-electron chi connectivity index (χ3n) is 5.07. The molecule has 1 N–H and O–H groups in total. The van der Waals surface area contributed by atoms with E-state index in [0.29, 0.717) is 18.6 Å². The molecule has 0 amide bonds. The molecule has 2 aliphatic rings. The molecule has 2 aliphatic carbocycles. The van der Waals surface area contributed by atoms with Crippen LogP contribution in [0.4, 0.5) is 0 Å². The number of nitrogens with one attached hydrogen (secondary N) is 1. The van der Waals surface area contributed by atoms with Crippen molar-refractivity contribution in [1.29, 1.82) is 0 Å². The van der Waals surface area contributed by atoms with Gasteiger partial charge in [-0.1, -0.05) is 26.2 Å². The summed E-state index contributed by atoms with van der Waals surface area (Å²) in [6.45, 7) is 5.98. The molecule has 21 heavy (non-hydrogen) atoms. The summed E-state index contributed by atoms with van der Waals surface area (Å²) in [5.41, 5.74) is -0.468. The summed E-state index contributed by atoms with van der Waals surface area (Å²) in [5, 5.41) is 3.44. The van der Waals surface area contributed by atoms with E-state index in [1.807, 2.05) is 6.92 Å². The number of hydrogen-bond acceptors (Lipinski definition) is 4. The van der Waals surface area contributed by atoms with Crippen molar-refractivity contribution in [3.63, 3.8) is 0 Å². The van der Waals surface area contributed by atoms with Crippen LogP contribution in [0, 0.1) is 5.92 Å². The highest BCUT2D eigenvalue weighted by Crippen LogP contribution is 2.39. The van der Waals surface area contributed by atoms with Crippen molar-refractivity contribution in [2.75, 3.05) is 19.8 Å². The van der Waals surface area contributed by atoms with Gasteiger partial charge in [0.1, 0.15) is 5.54 Å². The van der Waals surface area contributed by atoms with Crippen LogP contribution in [0.3, 0.4) is 0 Å². The van der Waals surface area contributed by atoms with E-state index in [2.05, 4.69) is 12.2 Å². The fourth-order valence-corrected chi connectivity index (χ4v) is 4.05. The zero-order chi connectivity index (χ0) is 15.1. The topological polar surface area (TPSA) is 47.6 Å². The maximum atomic E-state index is 12.5. The SMILES string of the molecule is CCNC1(C(=O)OCC)CCCC1CCOC1CCCC1. The fraction of sp³-hybridized carbons (Fsp3) is 0.941. The molecular formula is C17H31NO3. The minimum absolute atomic E-state index is 0.0600. The van der Waals surface area contributed by atoms with Crippen molar-refractivity contribution in [3.05, 3.63) is 0 Å². The number of rotatable bonds is 8. The van der Waals surface area contributed by atoms with Crippen molar-refractivity contribution in [2.45, 2.75) is 76.9 Å². The van der Waals surface area contributed by atoms with Crippen LogP contribution in [0.25, 0.3) is 0 Å². The lowest BCUT2D eigenvalue weighted by Gasteiger charge is -2.34. The maximum Gasteiger partial charge on any atom is 0.326 e. The van der Waals surface area contributed by atoms with Crippen LogP contribution < -0.4 is 5.32 Å². The average Bonchev–Trinajstić information content (AvgIpc) is 3.11. The Kier molecular flexibility index (Phi) is 6.49. The van der Waals surface area contributed by atoms with Crippen molar-refractivity contribution in [2.24, 2.45) is 5.92 Å². The third kappa shape index (κ3) is 3.98. The van der Waals surface area contributed by atoms with Crippen LogP contribution in [0.1, 0.15) is 65.2 Å². The van der Waals surface area contributed by atoms with E-state index in [-0.39, 0.29) is 5.97 Å². The van der Waals surface area contributed by atoms with Gasteiger partial charge in [-0.2, -0.15) is 0 Å². The number of carbonyl (C=O) groups excluding carboxylic acids is 1.